The molecule has 0 spiro atoms. The minimum atomic E-state index is 0.743. The number of benzene rings is 1. The number of rotatable bonds is 5. The fourth-order valence-corrected chi connectivity index (χ4v) is 2.74. The lowest BCUT2D eigenvalue weighted by Crippen LogP contribution is -2.24. The fraction of sp³-hybridized carbons (Fsp3) is 0.417. The van der Waals surface area contributed by atoms with Crippen LogP contribution in [0.3, 0.4) is 0 Å². The predicted molar refractivity (Wildman–Crippen MR) is 71.2 cm³/mol. The molecule has 3 nitrogen and oxygen atoms in total. The largest absolute Gasteiger partial charge is 0.362 e. The van der Waals surface area contributed by atoms with Crippen molar-refractivity contribution in [3.8, 4) is 0 Å². The Morgan fingerprint density at radius 1 is 1.38 bits per heavy atom. The number of nitrogens with zero attached hydrogens (tertiary/aromatic N) is 2. The summed E-state index contributed by atoms with van der Waals surface area (Å²) in [5.74, 6) is 0. The Hall–Kier alpha value is -1.13. The average molecular weight is 235 g/mol. The van der Waals surface area contributed by atoms with E-state index in [-0.39, 0.29) is 0 Å². The van der Waals surface area contributed by atoms with Crippen LogP contribution in [0.2, 0.25) is 0 Å². The van der Waals surface area contributed by atoms with Crippen molar-refractivity contribution >= 4 is 27.4 Å². The molecule has 86 valence electrons. The molecule has 0 aliphatic heterocycles. The molecular weight excluding hydrogens is 218 g/mol. The maximum absolute atomic E-state index is 5.56. The van der Waals surface area contributed by atoms with Crippen LogP contribution in [-0.4, -0.2) is 24.0 Å². The van der Waals surface area contributed by atoms with Crippen molar-refractivity contribution < 1.29 is 0 Å². The number of hydrogen-bond acceptors (Lipinski definition) is 4. The maximum Gasteiger partial charge on any atom is 0.119 e. The predicted octanol–water partition coefficient (Wildman–Crippen LogP) is 2.47. The summed E-state index contributed by atoms with van der Waals surface area (Å²) in [4.78, 5) is 2.35. The van der Waals surface area contributed by atoms with Crippen molar-refractivity contribution in [1.82, 2.24) is 4.37 Å². The summed E-state index contributed by atoms with van der Waals surface area (Å²) in [5, 5.41) is 2.53. The molecule has 0 amide bonds. The second-order valence-corrected chi connectivity index (χ2v) is 4.48. The molecule has 1 heterocycles. The zero-order valence-electron chi connectivity index (χ0n) is 9.52. The first-order chi connectivity index (χ1) is 7.86. The molecule has 0 radical (unpaired) electrons. The first-order valence-corrected chi connectivity index (χ1v) is 6.43. The highest BCUT2D eigenvalue weighted by Gasteiger charge is 2.11. The molecule has 2 aromatic rings. The van der Waals surface area contributed by atoms with E-state index in [0.717, 1.165) is 31.6 Å². The molecule has 2 N–H and O–H groups in total. The van der Waals surface area contributed by atoms with Gasteiger partial charge in [-0.3, -0.25) is 0 Å². The van der Waals surface area contributed by atoms with E-state index in [4.69, 9.17) is 5.73 Å². The van der Waals surface area contributed by atoms with E-state index in [1.54, 1.807) is 11.5 Å². The molecule has 0 aliphatic carbocycles. The van der Waals surface area contributed by atoms with Gasteiger partial charge in [0.15, 0.2) is 0 Å². The van der Waals surface area contributed by atoms with Gasteiger partial charge in [0.1, 0.15) is 5.00 Å². The Morgan fingerprint density at radius 3 is 2.94 bits per heavy atom. The first kappa shape index (κ1) is 11.4. The van der Waals surface area contributed by atoms with E-state index in [0.29, 0.717) is 0 Å². The molecule has 1 aromatic carbocycles. The lowest BCUT2D eigenvalue weighted by molar-refractivity contribution is 0.761. The molecule has 0 saturated carbocycles. The molecule has 0 bridgehead atoms. The van der Waals surface area contributed by atoms with E-state index < -0.39 is 0 Å². The Bertz CT molecular complexity index is 452. The van der Waals surface area contributed by atoms with Crippen LogP contribution in [0, 0.1) is 0 Å². The van der Waals surface area contributed by atoms with Crippen molar-refractivity contribution in [3.05, 3.63) is 24.3 Å². The van der Waals surface area contributed by atoms with E-state index in [1.165, 1.54) is 10.4 Å². The second-order valence-electron chi connectivity index (χ2n) is 3.73. The van der Waals surface area contributed by atoms with Gasteiger partial charge in [-0.15, -0.1) is 0 Å². The summed E-state index contributed by atoms with van der Waals surface area (Å²) in [7, 11) is 0. The van der Waals surface area contributed by atoms with Gasteiger partial charge in [-0.05, 0) is 43.6 Å². The number of hydrogen-bond donors (Lipinski definition) is 1. The van der Waals surface area contributed by atoms with Gasteiger partial charge in [-0.25, -0.2) is 0 Å². The molecule has 0 saturated heterocycles. The molecule has 0 aliphatic rings. The molecule has 0 fully saturated rings. The minimum absolute atomic E-state index is 0.743. The van der Waals surface area contributed by atoms with Crippen LogP contribution >= 0.6 is 11.5 Å². The van der Waals surface area contributed by atoms with Gasteiger partial charge in [-0.1, -0.05) is 12.1 Å². The van der Waals surface area contributed by atoms with Crippen LogP contribution in [0.25, 0.3) is 10.9 Å². The average Bonchev–Trinajstić information content (AvgIpc) is 2.75. The minimum Gasteiger partial charge on any atom is -0.362 e. The SMILES string of the molecule is CCN(CCCN)c1snc2ccccc12. The molecule has 0 unspecified atom stereocenters. The van der Waals surface area contributed by atoms with E-state index in [1.807, 2.05) is 6.07 Å². The molecule has 4 heteroatoms. The highest BCUT2D eigenvalue weighted by molar-refractivity contribution is 7.11. The van der Waals surface area contributed by atoms with E-state index in [2.05, 4.69) is 34.4 Å². The van der Waals surface area contributed by atoms with Crippen molar-refractivity contribution in [2.75, 3.05) is 24.5 Å². The Balaban J connectivity index is 2.30. The maximum atomic E-state index is 5.56. The van der Waals surface area contributed by atoms with Crippen molar-refractivity contribution in [3.63, 3.8) is 0 Å². The zero-order chi connectivity index (χ0) is 11.4. The summed E-state index contributed by atoms with van der Waals surface area (Å²) in [6.07, 6.45) is 1.03. The van der Waals surface area contributed by atoms with Crippen LogP contribution in [0.1, 0.15) is 13.3 Å². The topological polar surface area (TPSA) is 42.1 Å². The lowest BCUT2D eigenvalue weighted by Gasteiger charge is -2.20. The monoisotopic (exact) mass is 235 g/mol. The summed E-state index contributed by atoms with van der Waals surface area (Å²) in [6.45, 7) is 4.93. The van der Waals surface area contributed by atoms with Gasteiger partial charge in [0.05, 0.1) is 5.52 Å². The van der Waals surface area contributed by atoms with Gasteiger partial charge in [-0.2, -0.15) is 4.37 Å². The highest BCUT2D eigenvalue weighted by Crippen LogP contribution is 2.30. The molecule has 1 aromatic heterocycles. The molecular formula is C12H17N3S. The van der Waals surface area contributed by atoms with Gasteiger partial charge >= 0.3 is 0 Å². The fourth-order valence-electron chi connectivity index (χ4n) is 1.79. The van der Waals surface area contributed by atoms with Crippen LogP contribution < -0.4 is 10.6 Å². The van der Waals surface area contributed by atoms with Crippen LogP contribution in [-0.2, 0) is 0 Å². The van der Waals surface area contributed by atoms with Gasteiger partial charge in [0.25, 0.3) is 0 Å². The lowest BCUT2D eigenvalue weighted by atomic mass is 10.2. The van der Waals surface area contributed by atoms with Crippen molar-refractivity contribution in [1.29, 1.82) is 0 Å². The zero-order valence-corrected chi connectivity index (χ0v) is 10.3. The van der Waals surface area contributed by atoms with E-state index >= 15 is 0 Å². The number of nitrogens with two attached hydrogens (primary N) is 1. The first-order valence-electron chi connectivity index (χ1n) is 5.66. The van der Waals surface area contributed by atoms with E-state index in [9.17, 15) is 0 Å². The quantitative estimate of drug-likeness (QED) is 0.865. The van der Waals surface area contributed by atoms with Crippen LogP contribution in [0.15, 0.2) is 24.3 Å². The van der Waals surface area contributed by atoms with Crippen LogP contribution in [0.4, 0.5) is 5.00 Å². The third kappa shape index (κ3) is 2.18. The van der Waals surface area contributed by atoms with Crippen LogP contribution in [0.5, 0.6) is 0 Å². The summed E-state index contributed by atoms with van der Waals surface area (Å²) >= 11 is 1.58. The Labute approximate surface area is 100 Å². The van der Waals surface area contributed by atoms with Gasteiger partial charge in [0.2, 0.25) is 0 Å². The highest BCUT2D eigenvalue weighted by atomic mass is 32.1. The molecule has 2 rings (SSSR count). The van der Waals surface area contributed by atoms with Crippen molar-refractivity contribution in [2.45, 2.75) is 13.3 Å². The number of fused-ring (bicyclic) bond motifs is 1. The third-order valence-corrected chi connectivity index (χ3v) is 3.61. The number of anilines is 1. The smallest absolute Gasteiger partial charge is 0.119 e. The van der Waals surface area contributed by atoms with Gasteiger partial charge < -0.3 is 10.6 Å². The normalized spacial score (nSPS) is 10.9. The van der Waals surface area contributed by atoms with Crippen molar-refractivity contribution in [2.24, 2.45) is 5.73 Å². The Morgan fingerprint density at radius 2 is 2.19 bits per heavy atom. The summed E-state index contributed by atoms with van der Waals surface area (Å²) < 4.78 is 4.46. The number of aromatic nitrogens is 1. The standard InChI is InChI=1S/C12H17N3S/c1-2-15(9-5-8-13)12-10-6-3-4-7-11(10)14-16-12/h3-4,6-7H,2,5,8-9,13H2,1H3. The third-order valence-electron chi connectivity index (χ3n) is 2.67. The molecule has 16 heavy (non-hydrogen) atoms. The Kier molecular flexibility index (Phi) is 3.74. The van der Waals surface area contributed by atoms with Gasteiger partial charge in [0, 0.05) is 18.5 Å². The second kappa shape index (κ2) is 5.27. The summed E-state index contributed by atoms with van der Waals surface area (Å²) in [5.41, 5.74) is 6.65. The summed E-state index contributed by atoms with van der Waals surface area (Å²) in [6, 6.07) is 8.30. The molecule has 0 atom stereocenters.